The van der Waals surface area contributed by atoms with Crippen molar-refractivity contribution < 1.29 is 4.52 Å². The molecule has 0 aromatic carbocycles. The van der Waals surface area contributed by atoms with Gasteiger partial charge in [0.05, 0.1) is 10.6 Å². The van der Waals surface area contributed by atoms with Gasteiger partial charge in [0.2, 0.25) is 0 Å². The second-order valence-corrected chi connectivity index (χ2v) is 5.91. The maximum absolute atomic E-state index is 5.21. The molecule has 0 aliphatic rings. The quantitative estimate of drug-likeness (QED) is 0.781. The third-order valence-electron chi connectivity index (χ3n) is 2.87. The predicted octanol–water partition coefficient (Wildman–Crippen LogP) is 2.86. The van der Waals surface area contributed by atoms with Crippen LogP contribution in [0.1, 0.15) is 15.7 Å². The van der Waals surface area contributed by atoms with E-state index in [0.717, 1.165) is 29.4 Å². The lowest BCUT2D eigenvalue weighted by atomic mass is 10.2. The van der Waals surface area contributed by atoms with Gasteiger partial charge in [0, 0.05) is 30.2 Å². The Morgan fingerprint density at radius 1 is 1.29 bits per heavy atom. The number of hydrogen-bond acceptors (Lipinski definition) is 7. The maximum atomic E-state index is 5.21. The van der Waals surface area contributed by atoms with Gasteiger partial charge < -0.3 is 9.84 Å². The van der Waals surface area contributed by atoms with Crippen molar-refractivity contribution in [3.8, 4) is 11.5 Å². The lowest BCUT2D eigenvalue weighted by Gasteiger charge is -2.07. The van der Waals surface area contributed by atoms with Crippen molar-refractivity contribution in [3.05, 3.63) is 40.2 Å². The number of nitrogens with zero attached hydrogens (tertiary/aromatic N) is 4. The summed E-state index contributed by atoms with van der Waals surface area (Å²) >= 11 is 1.71. The van der Waals surface area contributed by atoms with E-state index in [1.54, 1.807) is 24.5 Å². The molecule has 108 valence electrons. The Kier molecular flexibility index (Phi) is 3.92. The summed E-state index contributed by atoms with van der Waals surface area (Å²) in [7, 11) is 0. The molecular weight excluding hydrogens is 286 g/mol. The average molecular weight is 301 g/mol. The van der Waals surface area contributed by atoms with E-state index < -0.39 is 0 Å². The zero-order valence-electron chi connectivity index (χ0n) is 11.8. The van der Waals surface area contributed by atoms with Gasteiger partial charge in [0.25, 0.3) is 5.89 Å². The van der Waals surface area contributed by atoms with Gasteiger partial charge in [-0.2, -0.15) is 4.98 Å². The van der Waals surface area contributed by atoms with E-state index in [-0.39, 0.29) is 0 Å². The van der Waals surface area contributed by atoms with Crippen molar-refractivity contribution >= 4 is 17.2 Å². The smallest absolute Gasteiger partial charge is 0.261 e. The highest BCUT2D eigenvalue weighted by Crippen LogP contribution is 2.24. The highest BCUT2D eigenvalue weighted by molar-refractivity contribution is 7.11. The molecule has 0 saturated heterocycles. The van der Waals surface area contributed by atoms with E-state index in [1.165, 1.54) is 4.88 Å². The Morgan fingerprint density at radius 2 is 2.19 bits per heavy atom. The van der Waals surface area contributed by atoms with E-state index in [2.05, 4.69) is 32.3 Å². The van der Waals surface area contributed by atoms with Gasteiger partial charge >= 0.3 is 0 Å². The van der Waals surface area contributed by atoms with Crippen molar-refractivity contribution in [3.63, 3.8) is 0 Å². The molecule has 0 radical (unpaired) electrons. The number of aromatic nitrogens is 4. The van der Waals surface area contributed by atoms with Crippen LogP contribution < -0.4 is 5.32 Å². The zero-order chi connectivity index (χ0) is 14.7. The molecule has 1 N–H and O–H groups in total. The van der Waals surface area contributed by atoms with Crippen LogP contribution in [0.5, 0.6) is 0 Å². The number of thiazole rings is 1. The van der Waals surface area contributed by atoms with E-state index in [9.17, 15) is 0 Å². The topological polar surface area (TPSA) is 76.7 Å². The maximum Gasteiger partial charge on any atom is 0.261 e. The first-order valence-electron chi connectivity index (χ1n) is 6.63. The fourth-order valence-electron chi connectivity index (χ4n) is 1.93. The van der Waals surface area contributed by atoms with Crippen LogP contribution in [0.4, 0.5) is 5.82 Å². The minimum absolute atomic E-state index is 0.480. The summed E-state index contributed by atoms with van der Waals surface area (Å²) in [6.07, 6.45) is 4.49. The number of nitrogens with one attached hydrogen (secondary N) is 1. The first-order valence-corrected chi connectivity index (χ1v) is 7.45. The van der Waals surface area contributed by atoms with Gasteiger partial charge in [-0.1, -0.05) is 5.16 Å². The summed E-state index contributed by atoms with van der Waals surface area (Å²) in [6.45, 7) is 4.61. The predicted molar refractivity (Wildman–Crippen MR) is 81.3 cm³/mol. The summed E-state index contributed by atoms with van der Waals surface area (Å²) in [5.41, 5.74) is 0.813. The molecule has 0 fully saturated rings. The van der Waals surface area contributed by atoms with Crippen molar-refractivity contribution in [2.75, 3.05) is 11.9 Å². The van der Waals surface area contributed by atoms with Crippen molar-refractivity contribution in [2.24, 2.45) is 0 Å². The number of aryl methyl sites for hydroxylation is 2. The van der Waals surface area contributed by atoms with Gasteiger partial charge in [-0.15, -0.1) is 11.3 Å². The first kappa shape index (κ1) is 13.7. The second-order valence-electron chi connectivity index (χ2n) is 4.59. The minimum Gasteiger partial charge on any atom is -0.369 e. The average Bonchev–Trinajstić information content (AvgIpc) is 3.08. The summed E-state index contributed by atoms with van der Waals surface area (Å²) in [5.74, 6) is 1.83. The van der Waals surface area contributed by atoms with Crippen LogP contribution in [0, 0.1) is 13.8 Å². The molecule has 0 unspecified atom stereocenters. The molecule has 0 amide bonds. The first-order chi connectivity index (χ1) is 10.2. The highest BCUT2D eigenvalue weighted by Gasteiger charge is 2.12. The Morgan fingerprint density at radius 3 is 2.90 bits per heavy atom. The number of rotatable bonds is 5. The molecule has 7 heteroatoms. The normalized spacial score (nSPS) is 10.8. The molecule has 0 spiro atoms. The molecule has 6 nitrogen and oxygen atoms in total. The van der Waals surface area contributed by atoms with E-state index in [1.807, 2.05) is 18.3 Å². The van der Waals surface area contributed by atoms with Crippen LogP contribution in [0.2, 0.25) is 0 Å². The van der Waals surface area contributed by atoms with Crippen LogP contribution in [0.25, 0.3) is 11.5 Å². The minimum atomic E-state index is 0.480. The van der Waals surface area contributed by atoms with E-state index >= 15 is 0 Å². The van der Waals surface area contributed by atoms with Gasteiger partial charge in [-0.05, 0) is 26.0 Å². The summed E-state index contributed by atoms with van der Waals surface area (Å²) < 4.78 is 5.21. The summed E-state index contributed by atoms with van der Waals surface area (Å²) in [6, 6.07) is 3.76. The van der Waals surface area contributed by atoms with E-state index in [0.29, 0.717) is 11.7 Å². The van der Waals surface area contributed by atoms with Gasteiger partial charge in [0.15, 0.2) is 5.82 Å². The van der Waals surface area contributed by atoms with Crippen molar-refractivity contribution in [1.82, 2.24) is 20.1 Å². The fourth-order valence-corrected chi connectivity index (χ4v) is 2.72. The van der Waals surface area contributed by atoms with E-state index in [4.69, 9.17) is 4.52 Å². The lowest BCUT2D eigenvalue weighted by molar-refractivity contribution is 0.425. The highest BCUT2D eigenvalue weighted by atomic mass is 32.1. The van der Waals surface area contributed by atoms with Crippen LogP contribution in [-0.2, 0) is 6.42 Å². The third kappa shape index (κ3) is 3.25. The third-order valence-corrected chi connectivity index (χ3v) is 3.84. The Balaban J connectivity index is 1.71. The molecule has 0 saturated carbocycles. The Bertz CT molecular complexity index is 736. The van der Waals surface area contributed by atoms with Crippen molar-refractivity contribution in [1.29, 1.82) is 0 Å². The number of hydrogen-bond donors (Lipinski definition) is 1. The Labute approximate surface area is 126 Å². The lowest BCUT2D eigenvalue weighted by Crippen LogP contribution is -2.07. The molecule has 0 aliphatic carbocycles. The van der Waals surface area contributed by atoms with Gasteiger partial charge in [0.1, 0.15) is 5.82 Å². The van der Waals surface area contributed by atoms with Crippen LogP contribution in [0.3, 0.4) is 0 Å². The molecule has 3 rings (SSSR count). The molecule has 3 aromatic rings. The second kappa shape index (κ2) is 6.01. The molecular formula is C14H15N5OS. The SMILES string of the molecule is Cc1noc(-c2cccnc2NCCc2ncc(C)s2)n1. The van der Waals surface area contributed by atoms with Gasteiger partial charge in [-0.25, -0.2) is 9.97 Å². The zero-order valence-corrected chi connectivity index (χ0v) is 12.6. The number of pyridine rings is 1. The molecule has 3 heterocycles. The monoisotopic (exact) mass is 301 g/mol. The fraction of sp³-hybridized carbons (Fsp3) is 0.286. The number of anilines is 1. The largest absolute Gasteiger partial charge is 0.369 e. The van der Waals surface area contributed by atoms with Gasteiger partial charge in [-0.3, -0.25) is 0 Å². The molecule has 0 aliphatic heterocycles. The molecule has 0 atom stereocenters. The van der Waals surface area contributed by atoms with Crippen LogP contribution >= 0.6 is 11.3 Å². The summed E-state index contributed by atoms with van der Waals surface area (Å²) in [5, 5.41) is 8.24. The standard InChI is InChI=1S/C14H15N5OS/c1-9-8-17-12(21-9)5-7-16-13-11(4-3-6-15-13)14-18-10(2)19-20-14/h3-4,6,8H,5,7H2,1-2H3,(H,15,16). The molecule has 3 aromatic heterocycles. The molecule has 21 heavy (non-hydrogen) atoms. The summed E-state index contributed by atoms with van der Waals surface area (Å²) in [4.78, 5) is 14.2. The molecule has 0 bridgehead atoms. The van der Waals surface area contributed by atoms with Crippen molar-refractivity contribution in [2.45, 2.75) is 20.3 Å². The van der Waals surface area contributed by atoms with Crippen LogP contribution in [0.15, 0.2) is 29.0 Å². The Hall–Kier alpha value is -2.28. The van der Waals surface area contributed by atoms with Crippen LogP contribution in [-0.4, -0.2) is 26.7 Å².